The van der Waals surface area contributed by atoms with Crippen LogP contribution in [0.25, 0.3) is 0 Å². The Morgan fingerprint density at radius 1 is 0.825 bits per heavy atom. The van der Waals surface area contributed by atoms with Gasteiger partial charge in [0.2, 0.25) is 29.3 Å². The number of rotatable bonds is 27. The Morgan fingerprint density at radius 3 is 2.11 bits per heavy atom. The maximum absolute atomic E-state index is 13.6. The van der Waals surface area contributed by atoms with Crippen LogP contribution in [-0.4, -0.2) is 139 Å². The second-order valence-electron chi connectivity index (χ2n) is 20.8. The lowest BCUT2D eigenvalue weighted by molar-refractivity contribution is -0.438. The highest BCUT2D eigenvalue weighted by molar-refractivity contribution is 7.86. The van der Waals surface area contributed by atoms with E-state index in [9.17, 15) is 59.5 Å². The molecule has 80 heavy (non-hydrogen) atoms. The van der Waals surface area contributed by atoms with E-state index in [1.54, 1.807) is 26.0 Å². The molecule has 0 spiro atoms. The van der Waals surface area contributed by atoms with Gasteiger partial charge in [-0.15, -0.1) is 0 Å². The molecule has 436 valence electrons. The van der Waals surface area contributed by atoms with Crippen LogP contribution in [0.3, 0.4) is 0 Å². The van der Waals surface area contributed by atoms with Crippen LogP contribution in [0.4, 0.5) is 11.4 Å². The Hall–Kier alpha value is -7.02. The van der Waals surface area contributed by atoms with Gasteiger partial charge in [-0.2, -0.15) is 21.4 Å². The number of benzene rings is 2. The molecule has 3 heterocycles. The summed E-state index contributed by atoms with van der Waals surface area (Å²) in [5, 5.41) is 6.35. The number of fused-ring (bicyclic) bond motifs is 2. The SMILES string of the molecule is CCOC(=O)/C=C/C(=O)N(CC(N)=O)NC(=O)[C@@H]1CCCN1C(=O)[C@H](CC)NC(=O)CCCCCNC(=O)CCCCC[N+]1=C(C=CC=CC=C2N(CC)c3ccc(S(=O)(=O)O)cc3C2(C)C)C(C)(C)c2cc(S(=O)(=O)O)ccc21. The Balaban J connectivity index is 1.08. The first-order chi connectivity index (χ1) is 37.7. The van der Waals surface area contributed by atoms with Crippen molar-refractivity contribution >= 4 is 78.7 Å². The molecule has 0 unspecified atom stereocenters. The molecule has 0 saturated carbocycles. The van der Waals surface area contributed by atoms with Crippen molar-refractivity contribution in [2.75, 3.05) is 44.2 Å². The minimum atomic E-state index is -4.47. The van der Waals surface area contributed by atoms with E-state index < -0.39 is 79.3 Å². The van der Waals surface area contributed by atoms with Gasteiger partial charge in [-0.05, 0) is 115 Å². The second kappa shape index (κ2) is 27.9. The zero-order valence-electron chi connectivity index (χ0n) is 46.7. The molecule has 1 fully saturated rings. The number of nitrogens with one attached hydrogen (secondary N) is 3. The molecular formula is C56H77N8O14S2+. The fraction of sp³-hybridized carbons (Fsp3) is 0.500. The third-order valence-corrected chi connectivity index (χ3v) is 16.1. The fourth-order valence-corrected chi connectivity index (χ4v) is 11.3. The Kier molecular flexibility index (Phi) is 22.3. The van der Waals surface area contributed by atoms with Crippen LogP contribution < -0.4 is 26.7 Å². The molecule has 7 N–H and O–H groups in total. The molecular weight excluding hydrogens is 1070 g/mol. The Labute approximate surface area is 469 Å². The van der Waals surface area contributed by atoms with Gasteiger partial charge in [0.05, 0.1) is 21.8 Å². The molecule has 6 amide bonds. The van der Waals surface area contributed by atoms with Crippen molar-refractivity contribution in [3.8, 4) is 0 Å². The fourth-order valence-electron chi connectivity index (χ4n) is 10.3. The number of nitrogens with zero attached hydrogens (tertiary/aromatic N) is 4. The number of nitrogens with two attached hydrogens (primary N) is 1. The van der Waals surface area contributed by atoms with Crippen LogP contribution in [0.5, 0.6) is 0 Å². The summed E-state index contributed by atoms with van der Waals surface area (Å²) < 4.78 is 74.8. The van der Waals surface area contributed by atoms with Gasteiger partial charge in [-0.1, -0.05) is 45.4 Å². The van der Waals surface area contributed by atoms with Crippen LogP contribution in [0.15, 0.2) is 94.4 Å². The second-order valence-corrected chi connectivity index (χ2v) is 23.6. The third kappa shape index (κ3) is 16.3. The Morgan fingerprint density at radius 2 is 1.48 bits per heavy atom. The first kappa shape index (κ1) is 63.8. The predicted molar refractivity (Wildman–Crippen MR) is 299 cm³/mol. The van der Waals surface area contributed by atoms with Gasteiger partial charge in [0.15, 0.2) is 5.71 Å². The monoisotopic (exact) mass is 1150 g/mol. The predicted octanol–water partition coefficient (Wildman–Crippen LogP) is 4.96. The number of anilines is 1. The molecule has 2 aromatic rings. The van der Waals surface area contributed by atoms with Crippen molar-refractivity contribution in [2.45, 2.75) is 152 Å². The number of esters is 1. The highest BCUT2D eigenvalue weighted by Crippen LogP contribution is 2.48. The average Bonchev–Trinajstić information content (AvgIpc) is 4.21. The molecule has 24 heteroatoms. The number of likely N-dealkylation sites (N-methyl/N-ethyl adjacent to an activating group) is 1. The summed E-state index contributed by atoms with van der Waals surface area (Å²) in [6.45, 7) is 14.5. The number of hydrogen-bond donors (Lipinski definition) is 6. The quantitative estimate of drug-likeness (QED) is 0.0131. The van der Waals surface area contributed by atoms with Crippen molar-refractivity contribution < 1.29 is 68.8 Å². The number of carbonyl (C=O) groups excluding carboxylic acids is 7. The molecule has 3 aliphatic rings. The first-order valence-electron chi connectivity index (χ1n) is 27.0. The molecule has 0 aromatic heterocycles. The summed E-state index contributed by atoms with van der Waals surface area (Å²) in [4.78, 5) is 91.8. The van der Waals surface area contributed by atoms with Crippen molar-refractivity contribution in [2.24, 2.45) is 5.73 Å². The lowest BCUT2D eigenvalue weighted by Crippen LogP contribution is -2.57. The van der Waals surface area contributed by atoms with Crippen LogP contribution >= 0.6 is 0 Å². The number of amides is 6. The molecule has 5 rings (SSSR count). The molecule has 3 aliphatic heterocycles. The summed E-state index contributed by atoms with van der Waals surface area (Å²) in [6, 6.07) is 7.28. The number of primary amides is 1. The number of likely N-dealkylation sites (tertiary alicyclic amines) is 1. The van der Waals surface area contributed by atoms with Gasteiger partial charge < -0.3 is 30.9 Å². The van der Waals surface area contributed by atoms with E-state index in [1.807, 2.05) is 65.0 Å². The van der Waals surface area contributed by atoms with E-state index in [0.29, 0.717) is 69.6 Å². The van der Waals surface area contributed by atoms with Crippen molar-refractivity contribution in [1.29, 1.82) is 0 Å². The van der Waals surface area contributed by atoms with Crippen molar-refractivity contribution in [3.63, 3.8) is 0 Å². The van der Waals surface area contributed by atoms with Gasteiger partial charge in [-0.3, -0.25) is 43.3 Å². The number of ether oxygens (including phenoxy) is 1. The Bertz CT molecular complexity index is 3070. The van der Waals surface area contributed by atoms with E-state index in [2.05, 4.69) is 25.5 Å². The van der Waals surface area contributed by atoms with E-state index in [4.69, 9.17) is 10.5 Å². The van der Waals surface area contributed by atoms with E-state index in [-0.39, 0.29) is 54.0 Å². The maximum Gasteiger partial charge on any atom is 0.330 e. The zero-order valence-corrected chi connectivity index (χ0v) is 48.3. The highest BCUT2D eigenvalue weighted by atomic mass is 32.2. The van der Waals surface area contributed by atoms with Gasteiger partial charge in [0.1, 0.15) is 25.2 Å². The smallest absolute Gasteiger partial charge is 0.330 e. The van der Waals surface area contributed by atoms with Crippen molar-refractivity contribution in [3.05, 3.63) is 95.8 Å². The lowest BCUT2D eigenvalue weighted by Gasteiger charge is -2.30. The minimum Gasteiger partial charge on any atom is -0.463 e. The van der Waals surface area contributed by atoms with Gasteiger partial charge in [0, 0.05) is 85.6 Å². The van der Waals surface area contributed by atoms with Crippen LogP contribution in [0.2, 0.25) is 0 Å². The number of allylic oxidation sites excluding steroid dienone is 6. The third-order valence-electron chi connectivity index (χ3n) is 14.4. The molecule has 1 saturated heterocycles. The van der Waals surface area contributed by atoms with Crippen LogP contribution in [-0.2, 0) is 69.4 Å². The van der Waals surface area contributed by atoms with E-state index in [1.165, 1.54) is 29.2 Å². The van der Waals surface area contributed by atoms with E-state index >= 15 is 0 Å². The molecule has 22 nitrogen and oxygen atoms in total. The number of unbranched alkanes of at least 4 members (excludes halogenated alkanes) is 4. The van der Waals surface area contributed by atoms with Gasteiger partial charge in [0.25, 0.3) is 32.1 Å². The molecule has 0 aliphatic carbocycles. The largest absolute Gasteiger partial charge is 0.463 e. The summed E-state index contributed by atoms with van der Waals surface area (Å²) in [6.07, 6.45) is 16.5. The van der Waals surface area contributed by atoms with Crippen LogP contribution in [0.1, 0.15) is 130 Å². The lowest BCUT2D eigenvalue weighted by atomic mass is 9.81. The number of hydrogen-bond acceptors (Lipinski definition) is 13. The minimum absolute atomic E-state index is 0.0712. The standard InChI is InChI=1S/C56H76N8O14S2/c1-8-42(54(71)63-34-20-21-45(63)53(70)60-64(37-48(57)65)51(68)30-31-52(69)78-10-3)59-50(67)25-16-12-18-32-58-49(66)24-17-13-19-33-62-44-29-27-39(80(75,76)77)36-41(44)56(6,7)47(62)23-15-11-14-22-46-55(4,5)40-35-38(79(72,73)74)26-28-43(40)61(46)9-2/h11,14-15,22-23,26-31,35-36,42,45H,8-10,12-13,16-21,24-25,32-34,37H2,1-7H3,(H6-,57,58,59,60,65,66,67,70,72,73,74,75,76,77)/p+1/b31-30+/t42-,45-/m0/s1. The summed E-state index contributed by atoms with van der Waals surface area (Å²) in [5.41, 5.74) is 11.4. The van der Waals surface area contributed by atoms with Gasteiger partial charge >= 0.3 is 5.97 Å². The number of hydrazine groups is 1. The number of carbonyl (C=O) groups is 7. The molecule has 0 radical (unpaired) electrons. The van der Waals surface area contributed by atoms with Gasteiger partial charge in [-0.25, -0.2) is 9.80 Å². The van der Waals surface area contributed by atoms with Crippen molar-refractivity contribution in [1.82, 2.24) is 26.0 Å². The van der Waals surface area contributed by atoms with E-state index in [0.717, 1.165) is 52.5 Å². The first-order valence-corrected chi connectivity index (χ1v) is 29.9. The molecule has 2 atom stereocenters. The van der Waals surface area contributed by atoms with Crippen LogP contribution in [0, 0.1) is 0 Å². The summed E-state index contributed by atoms with van der Waals surface area (Å²) in [5.74, 6) is -4.32. The average molecular weight is 1150 g/mol. The topological polar surface area (TPSA) is 312 Å². The zero-order chi connectivity index (χ0) is 59.2. The highest BCUT2D eigenvalue weighted by Gasteiger charge is 2.45. The maximum atomic E-state index is 13.6. The summed E-state index contributed by atoms with van der Waals surface area (Å²) in [7, 11) is -8.86. The normalized spacial score (nSPS) is 17.5. The molecule has 2 aromatic carbocycles. The summed E-state index contributed by atoms with van der Waals surface area (Å²) >= 11 is 0. The molecule has 0 bridgehead atoms.